The third kappa shape index (κ3) is 6.27. The molecule has 1 fully saturated rings. The first-order chi connectivity index (χ1) is 20.5. The number of thiol groups is 1. The van der Waals surface area contributed by atoms with Crippen molar-refractivity contribution in [3.8, 4) is 0 Å². The molecule has 230 valence electrons. The molecule has 4 heterocycles. The quantitative estimate of drug-likeness (QED) is 0.153. The Morgan fingerprint density at radius 1 is 1.07 bits per heavy atom. The average Bonchev–Trinajstić information content (AvgIpc) is 3.36. The van der Waals surface area contributed by atoms with Crippen molar-refractivity contribution in [3.63, 3.8) is 0 Å². The van der Waals surface area contributed by atoms with E-state index in [9.17, 15) is 9.59 Å². The number of hydrogen-bond acceptors (Lipinski definition) is 9. The number of ether oxygens (including phenoxy) is 4. The Balaban J connectivity index is 1.23. The van der Waals surface area contributed by atoms with Crippen LogP contribution in [-0.4, -0.2) is 104 Å². The highest BCUT2D eigenvalue weighted by molar-refractivity contribution is 7.80. The Labute approximate surface area is 252 Å². The number of nitrogens with one attached hydrogen (secondary N) is 1. The summed E-state index contributed by atoms with van der Waals surface area (Å²) in [5.41, 5.74) is 4.06. The highest BCUT2D eigenvalue weighted by Gasteiger charge is 2.51. The van der Waals surface area contributed by atoms with Gasteiger partial charge in [0.15, 0.2) is 0 Å². The number of aliphatic hydroxyl groups excluding tert-OH is 1. The summed E-state index contributed by atoms with van der Waals surface area (Å²) in [5, 5.41) is 12.8. The highest BCUT2D eigenvalue weighted by atomic mass is 32.1. The lowest BCUT2D eigenvalue weighted by Gasteiger charge is -2.53. The molecule has 0 saturated carbocycles. The number of rotatable bonds is 16. The van der Waals surface area contributed by atoms with E-state index in [1.165, 1.54) is 16.6 Å². The third-order valence-corrected chi connectivity index (χ3v) is 9.07. The second-order valence-corrected chi connectivity index (χ2v) is 11.4. The molecule has 3 atom stereocenters. The number of piperidine rings is 1. The van der Waals surface area contributed by atoms with Crippen LogP contribution < -0.4 is 5.32 Å². The molecule has 1 aromatic carbocycles. The van der Waals surface area contributed by atoms with E-state index in [4.69, 9.17) is 24.1 Å². The molecule has 0 spiro atoms. The lowest BCUT2D eigenvalue weighted by Crippen LogP contribution is -2.52. The molecular formula is C31H43N3O7S. The van der Waals surface area contributed by atoms with Crippen molar-refractivity contribution in [1.82, 2.24) is 14.8 Å². The predicted molar refractivity (Wildman–Crippen MR) is 162 cm³/mol. The number of fused-ring (bicyclic) bond motifs is 3. The van der Waals surface area contributed by atoms with Gasteiger partial charge in [0.1, 0.15) is 18.3 Å². The monoisotopic (exact) mass is 601 g/mol. The summed E-state index contributed by atoms with van der Waals surface area (Å²) in [7, 11) is 0. The van der Waals surface area contributed by atoms with Crippen LogP contribution in [0.4, 0.5) is 0 Å². The van der Waals surface area contributed by atoms with Crippen LogP contribution in [0.25, 0.3) is 16.6 Å². The van der Waals surface area contributed by atoms with Gasteiger partial charge in [-0.25, -0.2) is 4.79 Å². The fourth-order valence-electron chi connectivity index (χ4n) is 6.77. The maximum absolute atomic E-state index is 14.0. The normalized spacial score (nSPS) is 22.0. The topological polar surface area (TPSA) is 111 Å². The molecule has 10 nitrogen and oxygen atoms in total. The number of carbonyl (C=O) groups excluding carboxylic acids is 2. The van der Waals surface area contributed by atoms with Gasteiger partial charge in [0.05, 0.1) is 57.8 Å². The van der Waals surface area contributed by atoms with Gasteiger partial charge in [-0.15, -0.1) is 0 Å². The van der Waals surface area contributed by atoms with Crippen LogP contribution in [0.15, 0.2) is 30.3 Å². The van der Waals surface area contributed by atoms with Gasteiger partial charge in [0, 0.05) is 28.8 Å². The van der Waals surface area contributed by atoms with Crippen molar-refractivity contribution in [2.75, 3.05) is 71.7 Å². The van der Waals surface area contributed by atoms with E-state index < -0.39 is 12.0 Å². The van der Waals surface area contributed by atoms with Crippen LogP contribution in [-0.2, 0) is 35.0 Å². The van der Waals surface area contributed by atoms with E-state index in [2.05, 4.69) is 58.6 Å². The summed E-state index contributed by atoms with van der Waals surface area (Å²) in [6.07, 6.45) is 6.22. The van der Waals surface area contributed by atoms with Crippen LogP contribution in [0.1, 0.15) is 43.5 Å². The molecule has 1 saturated heterocycles. The van der Waals surface area contributed by atoms with Crippen LogP contribution >= 0.6 is 12.6 Å². The smallest absolute Gasteiger partial charge is 0.329 e. The van der Waals surface area contributed by atoms with Crippen molar-refractivity contribution in [2.45, 2.75) is 44.7 Å². The Kier molecular flexibility index (Phi) is 10.6. The molecule has 0 aliphatic carbocycles. The number of hydrogen-bond donors (Lipinski definition) is 3. The first kappa shape index (κ1) is 31.0. The second-order valence-electron chi connectivity index (χ2n) is 11.1. The van der Waals surface area contributed by atoms with Crippen LogP contribution in [0.5, 0.6) is 0 Å². The molecule has 0 radical (unpaired) electrons. The van der Waals surface area contributed by atoms with Gasteiger partial charge in [-0.2, -0.15) is 12.6 Å². The summed E-state index contributed by atoms with van der Waals surface area (Å²) in [4.78, 5) is 29.5. The first-order valence-electron chi connectivity index (χ1n) is 15.1. The molecule has 0 bridgehead atoms. The van der Waals surface area contributed by atoms with E-state index in [-0.39, 0.29) is 42.9 Å². The van der Waals surface area contributed by atoms with Gasteiger partial charge in [-0.3, -0.25) is 9.69 Å². The fourth-order valence-corrected chi connectivity index (χ4v) is 7.01. The third-order valence-electron chi connectivity index (χ3n) is 8.71. The Hall–Kier alpha value is -2.41. The summed E-state index contributed by atoms with van der Waals surface area (Å²) in [6, 6.07) is 7.69. The number of amides is 1. The number of carbonyl (C=O) groups is 2. The minimum Gasteiger partial charge on any atom is -0.462 e. The second kappa shape index (κ2) is 14.4. The zero-order valence-corrected chi connectivity index (χ0v) is 25.3. The molecule has 1 amide bonds. The summed E-state index contributed by atoms with van der Waals surface area (Å²) in [6.45, 7) is 6.45. The van der Waals surface area contributed by atoms with Gasteiger partial charge in [0.2, 0.25) is 0 Å². The summed E-state index contributed by atoms with van der Waals surface area (Å²) < 4.78 is 23.5. The number of esters is 1. The Morgan fingerprint density at radius 3 is 2.50 bits per heavy atom. The van der Waals surface area contributed by atoms with Crippen LogP contribution in [0, 0.1) is 5.41 Å². The van der Waals surface area contributed by atoms with E-state index in [0.717, 1.165) is 44.3 Å². The molecule has 11 heteroatoms. The Morgan fingerprint density at radius 2 is 1.79 bits per heavy atom. The summed E-state index contributed by atoms with van der Waals surface area (Å²) in [5.74, 6) is -0.716. The summed E-state index contributed by atoms with van der Waals surface area (Å²) >= 11 is 4.35. The molecule has 2 aromatic rings. The number of aliphatic hydroxyl groups is 1. The molecule has 0 unspecified atom stereocenters. The zero-order valence-electron chi connectivity index (χ0n) is 24.4. The standard InChI is InChI=1S/C31H43N3O7S/c1-2-31-9-5-10-33-11-8-23-22-6-3-4-7-25(22)34(27(23)28(31)33)26(20-31)29(36)32-24(21-42)30(37)41-19-18-40-17-16-39-15-14-38-13-12-35/h3-4,6-7,20,24,28,35,42H,2,5,8-19,21H2,1H3,(H,32,36)/t24-,28+,31-/m0/s1. The van der Waals surface area contributed by atoms with E-state index in [1.54, 1.807) is 0 Å². The van der Waals surface area contributed by atoms with Crippen molar-refractivity contribution in [3.05, 3.63) is 41.6 Å². The van der Waals surface area contributed by atoms with Crippen molar-refractivity contribution in [1.29, 1.82) is 0 Å². The minimum atomic E-state index is -0.889. The molecule has 5 rings (SSSR count). The first-order valence-corrected chi connectivity index (χ1v) is 15.7. The van der Waals surface area contributed by atoms with Gasteiger partial charge >= 0.3 is 5.97 Å². The molecule has 3 aliphatic heterocycles. The van der Waals surface area contributed by atoms with Gasteiger partial charge in [-0.05, 0) is 49.9 Å². The molecule has 3 aliphatic rings. The zero-order chi connectivity index (χ0) is 29.5. The largest absolute Gasteiger partial charge is 0.462 e. The minimum absolute atomic E-state index is 0.0115. The Bertz CT molecular complexity index is 1280. The van der Waals surface area contributed by atoms with E-state index in [1.807, 2.05) is 6.07 Å². The molecule has 42 heavy (non-hydrogen) atoms. The predicted octanol–water partition coefficient (Wildman–Crippen LogP) is 2.59. The fraction of sp³-hybridized carbons (Fsp3) is 0.613. The van der Waals surface area contributed by atoms with E-state index >= 15 is 0 Å². The number of nitrogens with zero attached hydrogens (tertiary/aromatic N) is 2. The maximum atomic E-state index is 14.0. The number of para-hydroxylation sites is 1. The lowest BCUT2D eigenvalue weighted by atomic mass is 9.66. The average molecular weight is 602 g/mol. The number of aromatic nitrogens is 1. The molecule has 2 N–H and O–H groups in total. The lowest BCUT2D eigenvalue weighted by molar-refractivity contribution is -0.148. The van der Waals surface area contributed by atoms with Crippen LogP contribution in [0.3, 0.4) is 0 Å². The van der Waals surface area contributed by atoms with Gasteiger partial charge in [-0.1, -0.05) is 25.1 Å². The van der Waals surface area contributed by atoms with Gasteiger partial charge in [0.25, 0.3) is 5.91 Å². The van der Waals surface area contributed by atoms with Gasteiger partial charge < -0.3 is 33.9 Å². The van der Waals surface area contributed by atoms with Crippen molar-refractivity contribution < 1.29 is 33.6 Å². The van der Waals surface area contributed by atoms with E-state index in [0.29, 0.717) is 38.7 Å². The number of benzene rings is 1. The maximum Gasteiger partial charge on any atom is 0.329 e. The highest BCUT2D eigenvalue weighted by Crippen LogP contribution is 2.56. The molecule has 1 aromatic heterocycles. The molecular weight excluding hydrogens is 558 g/mol. The van der Waals surface area contributed by atoms with Crippen LogP contribution in [0.2, 0.25) is 0 Å². The van der Waals surface area contributed by atoms with Crippen molar-refractivity contribution >= 4 is 41.1 Å². The SMILES string of the molecule is CC[C@@]12C=C(C(=O)N[C@@H](CS)C(=O)OCCOCCOCCOCCO)n3c4c(c5ccccc53)CCN(CCC1)[C@H]42. The van der Waals surface area contributed by atoms with Crippen molar-refractivity contribution in [2.24, 2.45) is 5.41 Å².